The Balaban J connectivity index is 2.59. The van der Waals surface area contributed by atoms with Crippen LogP contribution >= 0.6 is 11.3 Å². The van der Waals surface area contributed by atoms with Gasteiger partial charge in [0.1, 0.15) is 10.8 Å². The lowest BCUT2D eigenvalue weighted by atomic mass is 9.98. The van der Waals surface area contributed by atoms with Gasteiger partial charge in [-0.25, -0.2) is 4.98 Å². The van der Waals surface area contributed by atoms with E-state index in [1.807, 2.05) is 27.7 Å². The molecule has 0 aliphatic carbocycles. The second kappa shape index (κ2) is 4.41. The quantitative estimate of drug-likeness (QED) is 0.854. The number of carbonyl (C=O) groups is 1. The Labute approximate surface area is 94.7 Å². The summed E-state index contributed by atoms with van der Waals surface area (Å²) in [6, 6.07) is 0. The minimum Gasteiger partial charge on any atom is -0.325 e. The van der Waals surface area contributed by atoms with Gasteiger partial charge in [0.2, 0.25) is 0 Å². The normalized spacial score (nSPS) is 11.8. The number of aromatic nitrogens is 1. The Bertz CT molecular complexity index is 344. The monoisotopic (exact) mass is 226 g/mol. The van der Waals surface area contributed by atoms with Crippen molar-refractivity contribution >= 4 is 17.1 Å². The highest BCUT2D eigenvalue weighted by Gasteiger charge is 2.17. The van der Waals surface area contributed by atoms with Crippen LogP contribution in [0.4, 0.5) is 0 Å². The van der Waals surface area contributed by atoms with Gasteiger partial charge in [-0.2, -0.15) is 0 Å². The third-order valence-electron chi connectivity index (χ3n) is 2.07. The number of carbonyl (C=O) groups excluding carboxylic acids is 1. The summed E-state index contributed by atoms with van der Waals surface area (Å²) in [5, 5.41) is 0.902. The predicted octanol–water partition coefficient (Wildman–Crippen LogP) is 2.00. The first-order chi connectivity index (χ1) is 6.78. The first-order valence-corrected chi connectivity index (χ1v) is 5.83. The molecule has 4 heteroatoms. The molecule has 0 fully saturated rings. The van der Waals surface area contributed by atoms with Crippen molar-refractivity contribution in [2.75, 3.05) is 0 Å². The summed E-state index contributed by atoms with van der Waals surface area (Å²) in [6.07, 6.45) is 0.824. The van der Waals surface area contributed by atoms with E-state index in [0.29, 0.717) is 12.8 Å². The molecule has 0 spiro atoms. The summed E-state index contributed by atoms with van der Waals surface area (Å²) < 4.78 is 0. The molecule has 0 radical (unpaired) electrons. The van der Waals surface area contributed by atoms with Gasteiger partial charge in [0.15, 0.2) is 0 Å². The Morgan fingerprint density at radius 2 is 2.07 bits per heavy atom. The fraction of sp³-hybridized carbons (Fsp3) is 0.636. The Morgan fingerprint density at radius 3 is 2.47 bits per heavy atom. The van der Waals surface area contributed by atoms with Crippen molar-refractivity contribution in [2.24, 2.45) is 5.73 Å². The molecule has 1 aromatic rings. The highest BCUT2D eigenvalue weighted by atomic mass is 32.1. The van der Waals surface area contributed by atoms with Crippen molar-refractivity contribution in [3.05, 3.63) is 15.6 Å². The number of aryl methyl sites for hydroxylation is 2. The zero-order valence-electron chi connectivity index (χ0n) is 9.76. The molecule has 84 valence electrons. The Morgan fingerprint density at radius 1 is 1.47 bits per heavy atom. The molecule has 1 heterocycles. The number of nitrogens with zero attached hydrogens (tertiary/aromatic N) is 1. The van der Waals surface area contributed by atoms with Gasteiger partial charge in [-0.1, -0.05) is 0 Å². The first-order valence-electron chi connectivity index (χ1n) is 5.01. The minimum absolute atomic E-state index is 0.163. The van der Waals surface area contributed by atoms with Crippen molar-refractivity contribution in [1.82, 2.24) is 4.98 Å². The molecule has 0 aromatic carbocycles. The number of ketones is 1. The largest absolute Gasteiger partial charge is 0.325 e. The Kier molecular flexibility index (Phi) is 3.62. The lowest BCUT2D eigenvalue weighted by Gasteiger charge is -2.16. The van der Waals surface area contributed by atoms with E-state index in [1.165, 1.54) is 4.88 Å². The van der Waals surface area contributed by atoms with Crippen LogP contribution in [-0.4, -0.2) is 16.3 Å². The van der Waals surface area contributed by atoms with Crippen LogP contribution in [0.2, 0.25) is 0 Å². The second-order valence-corrected chi connectivity index (χ2v) is 5.92. The van der Waals surface area contributed by atoms with Crippen LogP contribution in [0.3, 0.4) is 0 Å². The maximum Gasteiger partial charge on any atom is 0.141 e. The standard InChI is InChI=1S/C11H18N2OS/c1-7-8(2)15-10(13-7)5-9(14)6-11(3,4)12/h5-6,12H2,1-4H3. The number of rotatable bonds is 4. The molecule has 0 saturated carbocycles. The van der Waals surface area contributed by atoms with Gasteiger partial charge in [-0.3, -0.25) is 4.79 Å². The van der Waals surface area contributed by atoms with E-state index in [0.717, 1.165) is 10.7 Å². The smallest absolute Gasteiger partial charge is 0.141 e. The van der Waals surface area contributed by atoms with Gasteiger partial charge < -0.3 is 5.73 Å². The molecule has 0 aliphatic heterocycles. The molecular formula is C11H18N2OS. The summed E-state index contributed by atoms with van der Waals surface area (Å²) >= 11 is 1.60. The van der Waals surface area contributed by atoms with Gasteiger partial charge in [-0.05, 0) is 27.7 Å². The van der Waals surface area contributed by atoms with Gasteiger partial charge in [0.25, 0.3) is 0 Å². The fourth-order valence-electron chi connectivity index (χ4n) is 1.35. The van der Waals surface area contributed by atoms with Crippen LogP contribution in [0.25, 0.3) is 0 Å². The Hall–Kier alpha value is -0.740. The summed E-state index contributed by atoms with van der Waals surface area (Å²) in [6.45, 7) is 7.72. The van der Waals surface area contributed by atoms with Crippen LogP contribution in [0.5, 0.6) is 0 Å². The van der Waals surface area contributed by atoms with Crippen LogP contribution in [0.15, 0.2) is 0 Å². The van der Waals surface area contributed by atoms with Crippen molar-refractivity contribution in [3.8, 4) is 0 Å². The van der Waals surface area contributed by atoms with Crippen LogP contribution in [-0.2, 0) is 11.2 Å². The maximum atomic E-state index is 11.6. The lowest BCUT2D eigenvalue weighted by molar-refractivity contribution is -0.119. The SMILES string of the molecule is Cc1nc(CC(=O)CC(C)(C)N)sc1C. The molecule has 1 rings (SSSR count). The molecule has 1 aromatic heterocycles. The highest BCUT2D eigenvalue weighted by molar-refractivity contribution is 7.11. The topological polar surface area (TPSA) is 56.0 Å². The molecule has 0 atom stereocenters. The molecule has 2 N–H and O–H groups in total. The number of hydrogen-bond acceptors (Lipinski definition) is 4. The first kappa shape index (κ1) is 12.3. The van der Waals surface area contributed by atoms with Crippen molar-refractivity contribution < 1.29 is 4.79 Å². The minimum atomic E-state index is -0.418. The summed E-state index contributed by atoms with van der Waals surface area (Å²) in [7, 11) is 0. The van der Waals surface area contributed by atoms with Gasteiger partial charge in [0.05, 0.1) is 12.1 Å². The van der Waals surface area contributed by atoms with Crippen LogP contribution in [0, 0.1) is 13.8 Å². The fourth-order valence-corrected chi connectivity index (χ4v) is 2.32. The van der Waals surface area contributed by atoms with E-state index >= 15 is 0 Å². The molecule has 3 nitrogen and oxygen atoms in total. The van der Waals surface area contributed by atoms with E-state index < -0.39 is 5.54 Å². The molecular weight excluding hydrogens is 208 g/mol. The van der Waals surface area contributed by atoms with Gasteiger partial charge >= 0.3 is 0 Å². The third-order valence-corrected chi connectivity index (χ3v) is 3.15. The zero-order chi connectivity index (χ0) is 11.6. The van der Waals surface area contributed by atoms with Crippen molar-refractivity contribution in [3.63, 3.8) is 0 Å². The average molecular weight is 226 g/mol. The van der Waals surface area contributed by atoms with Crippen molar-refractivity contribution in [2.45, 2.75) is 46.1 Å². The summed E-state index contributed by atoms with van der Waals surface area (Å²) in [5.41, 5.74) is 6.39. The zero-order valence-corrected chi connectivity index (χ0v) is 10.6. The maximum absolute atomic E-state index is 11.6. The molecule has 0 amide bonds. The number of thiazole rings is 1. The van der Waals surface area contributed by atoms with E-state index in [4.69, 9.17) is 5.73 Å². The van der Waals surface area contributed by atoms with E-state index in [2.05, 4.69) is 4.98 Å². The van der Waals surface area contributed by atoms with E-state index in [1.54, 1.807) is 11.3 Å². The summed E-state index contributed by atoms with van der Waals surface area (Å²) in [5.74, 6) is 0.163. The van der Waals surface area contributed by atoms with Gasteiger partial charge in [0, 0.05) is 16.8 Å². The molecule has 0 saturated heterocycles. The van der Waals surface area contributed by atoms with Gasteiger partial charge in [-0.15, -0.1) is 11.3 Å². The lowest BCUT2D eigenvalue weighted by Crippen LogP contribution is -2.35. The van der Waals surface area contributed by atoms with Crippen LogP contribution < -0.4 is 5.73 Å². The molecule has 0 aliphatic rings. The third kappa shape index (κ3) is 4.10. The number of Topliss-reactive ketones (excluding diaryl/α,β-unsaturated/α-hetero) is 1. The average Bonchev–Trinajstić information content (AvgIpc) is 2.26. The number of nitrogens with two attached hydrogens (primary N) is 1. The van der Waals surface area contributed by atoms with Crippen molar-refractivity contribution in [1.29, 1.82) is 0 Å². The predicted molar refractivity (Wildman–Crippen MR) is 63.2 cm³/mol. The molecule has 0 unspecified atom stereocenters. The molecule has 0 bridgehead atoms. The second-order valence-electron chi connectivity index (χ2n) is 4.63. The summed E-state index contributed by atoms with van der Waals surface area (Å²) in [4.78, 5) is 17.2. The van der Waals surface area contributed by atoms with Crippen LogP contribution in [0.1, 0.15) is 35.8 Å². The van der Waals surface area contributed by atoms with E-state index in [9.17, 15) is 4.79 Å². The molecule has 15 heavy (non-hydrogen) atoms. The van der Waals surface area contributed by atoms with E-state index in [-0.39, 0.29) is 5.78 Å². The number of hydrogen-bond donors (Lipinski definition) is 1. The highest BCUT2D eigenvalue weighted by Crippen LogP contribution is 2.18.